The second-order valence-corrected chi connectivity index (χ2v) is 9.24. The van der Waals surface area contributed by atoms with E-state index in [1.807, 2.05) is 30.3 Å². The number of sulfonamides is 1. The number of hydrogen-bond acceptors (Lipinski definition) is 5. The van der Waals surface area contributed by atoms with Crippen LogP contribution in [0.2, 0.25) is 0 Å². The van der Waals surface area contributed by atoms with Crippen molar-refractivity contribution in [1.29, 1.82) is 0 Å². The molecule has 1 fully saturated rings. The number of rotatable bonds is 5. The van der Waals surface area contributed by atoms with Gasteiger partial charge in [-0.2, -0.15) is 0 Å². The molecule has 2 heterocycles. The lowest BCUT2D eigenvalue weighted by molar-refractivity contribution is -0.117. The monoisotopic (exact) mass is 424 g/mol. The largest absolute Gasteiger partial charge is 0.454 e. The fraction of sp³-hybridized carbons (Fsp3) is 0.227. The van der Waals surface area contributed by atoms with Crippen LogP contribution in [0.25, 0.3) is 10.8 Å². The molecule has 1 amide bonds. The van der Waals surface area contributed by atoms with E-state index in [9.17, 15) is 13.2 Å². The van der Waals surface area contributed by atoms with Crippen molar-refractivity contribution in [2.24, 2.45) is 5.92 Å². The van der Waals surface area contributed by atoms with Gasteiger partial charge in [0.25, 0.3) is 0 Å². The van der Waals surface area contributed by atoms with Crippen molar-refractivity contribution in [1.82, 2.24) is 4.72 Å². The number of anilines is 1. The number of ether oxygens (including phenoxy) is 2. The highest BCUT2D eigenvalue weighted by molar-refractivity contribution is 7.89. The fourth-order valence-corrected chi connectivity index (χ4v) is 5.02. The van der Waals surface area contributed by atoms with Gasteiger partial charge < -0.3 is 14.4 Å². The molecule has 1 unspecified atom stereocenters. The maximum atomic E-state index is 12.8. The molecule has 30 heavy (non-hydrogen) atoms. The molecule has 0 spiro atoms. The Morgan fingerprint density at radius 1 is 0.967 bits per heavy atom. The summed E-state index contributed by atoms with van der Waals surface area (Å²) in [6.07, 6.45) is 0.286. The van der Waals surface area contributed by atoms with Crippen molar-refractivity contribution in [3.63, 3.8) is 0 Å². The molecule has 7 nitrogen and oxygen atoms in total. The number of carbonyl (C=O) groups excluding carboxylic acids is 1. The summed E-state index contributed by atoms with van der Waals surface area (Å²) < 4.78 is 38.9. The molecule has 0 saturated carbocycles. The van der Waals surface area contributed by atoms with Crippen molar-refractivity contribution in [3.8, 4) is 11.5 Å². The highest BCUT2D eigenvalue weighted by atomic mass is 32.2. The molecule has 0 aliphatic carbocycles. The number of amides is 1. The van der Waals surface area contributed by atoms with Crippen LogP contribution in [-0.2, 0) is 14.8 Å². The van der Waals surface area contributed by atoms with Gasteiger partial charge in [0.1, 0.15) is 0 Å². The normalized spacial score (nSPS) is 18.3. The van der Waals surface area contributed by atoms with Crippen molar-refractivity contribution in [2.75, 3.05) is 24.8 Å². The van der Waals surface area contributed by atoms with Crippen LogP contribution in [0.5, 0.6) is 11.5 Å². The summed E-state index contributed by atoms with van der Waals surface area (Å²) >= 11 is 0. The second kappa shape index (κ2) is 7.30. The van der Waals surface area contributed by atoms with E-state index in [1.54, 1.807) is 35.2 Å². The molecule has 0 bridgehead atoms. The van der Waals surface area contributed by atoms with Gasteiger partial charge >= 0.3 is 0 Å². The van der Waals surface area contributed by atoms with Crippen molar-refractivity contribution < 1.29 is 22.7 Å². The molecule has 2 aliphatic heterocycles. The van der Waals surface area contributed by atoms with Crippen molar-refractivity contribution in [3.05, 3.63) is 60.7 Å². The summed E-state index contributed by atoms with van der Waals surface area (Å²) in [5.41, 5.74) is 0.726. The van der Waals surface area contributed by atoms with Crippen LogP contribution in [0.4, 0.5) is 5.69 Å². The van der Waals surface area contributed by atoms with E-state index in [-0.39, 0.29) is 36.5 Å². The summed E-state index contributed by atoms with van der Waals surface area (Å²) in [5, 5.41) is 1.85. The van der Waals surface area contributed by atoms with Gasteiger partial charge in [-0.25, -0.2) is 13.1 Å². The lowest BCUT2D eigenvalue weighted by atomic mass is 10.1. The first kappa shape index (κ1) is 18.9. The molecule has 1 saturated heterocycles. The minimum atomic E-state index is -3.66. The highest BCUT2D eigenvalue weighted by Gasteiger charge is 2.32. The standard InChI is InChI=1S/C22H20N2O5S/c25-22-9-15(13-24(22)18-6-8-20-21(11-18)29-14-28-20)12-23-30(26,27)19-7-5-16-3-1-2-4-17(16)10-19/h1-8,10-11,15,23H,9,12-14H2. The van der Waals surface area contributed by atoms with Crippen molar-refractivity contribution >= 4 is 32.4 Å². The third kappa shape index (κ3) is 3.48. The summed E-state index contributed by atoms with van der Waals surface area (Å²) in [6.45, 7) is 0.812. The van der Waals surface area contributed by atoms with Gasteiger partial charge in [-0.05, 0) is 41.0 Å². The smallest absolute Gasteiger partial charge is 0.240 e. The van der Waals surface area contributed by atoms with E-state index in [4.69, 9.17) is 9.47 Å². The Labute approximate surface area is 174 Å². The van der Waals surface area contributed by atoms with Crippen LogP contribution in [0.15, 0.2) is 65.6 Å². The summed E-state index contributed by atoms with van der Waals surface area (Å²) in [6, 6.07) is 18.0. The molecule has 8 heteroatoms. The van der Waals surface area contributed by atoms with Crippen LogP contribution in [0.3, 0.4) is 0 Å². The molecule has 5 rings (SSSR count). The predicted octanol–water partition coefficient (Wildman–Crippen LogP) is 2.90. The Morgan fingerprint density at radius 2 is 1.77 bits per heavy atom. The molecule has 1 atom stereocenters. The first-order valence-corrected chi connectivity index (χ1v) is 11.2. The van der Waals surface area contributed by atoms with Crippen LogP contribution in [-0.4, -0.2) is 34.2 Å². The van der Waals surface area contributed by atoms with Gasteiger partial charge in [-0.1, -0.05) is 30.3 Å². The minimum absolute atomic E-state index is 0.0382. The van der Waals surface area contributed by atoms with E-state index >= 15 is 0 Å². The second-order valence-electron chi connectivity index (χ2n) is 7.47. The van der Waals surface area contributed by atoms with Crippen LogP contribution >= 0.6 is 0 Å². The maximum absolute atomic E-state index is 12.8. The number of hydrogen-bond donors (Lipinski definition) is 1. The molecule has 1 N–H and O–H groups in total. The van der Waals surface area contributed by atoms with E-state index in [0.29, 0.717) is 18.0 Å². The number of benzene rings is 3. The third-order valence-corrected chi connectivity index (χ3v) is 6.89. The highest BCUT2D eigenvalue weighted by Crippen LogP contribution is 2.37. The number of fused-ring (bicyclic) bond motifs is 2. The van der Waals surface area contributed by atoms with Gasteiger partial charge in [-0.15, -0.1) is 0 Å². The molecule has 3 aromatic carbocycles. The topological polar surface area (TPSA) is 84.9 Å². The maximum Gasteiger partial charge on any atom is 0.240 e. The molecule has 2 aliphatic rings. The molecular formula is C22H20N2O5S. The zero-order valence-corrected chi connectivity index (χ0v) is 16.9. The lowest BCUT2D eigenvalue weighted by Gasteiger charge is -2.17. The van der Waals surface area contributed by atoms with Gasteiger partial charge in [-0.3, -0.25) is 4.79 Å². The number of nitrogens with zero attached hydrogens (tertiary/aromatic N) is 1. The van der Waals surface area contributed by atoms with Gasteiger partial charge in [0, 0.05) is 31.3 Å². The molecule has 154 valence electrons. The average molecular weight is 424 g/mol. The Bertz CT molecular complexity index is 1240. The first-order chi connectivity index (χ1) is 14.5. The van der Waals surface area contributed by atoms with Crippen molar-refractivity contribution in [2.45, 2.75) is 11.3 Å². The Morgan fingerprint density at radius 3 is 2.63 bits per heavy atom. The van der Waals surface area contributed by atoms with Crippen LogP contribution in [0.1, 0.15) is 6.42 Å². The van der Waals surface area contributed by atoms with E-state index in [0.717, 1.165) is 16.5 Å². The molecular weight excluding hydrogens is 404 g/mol. The summed E-state index contributed by atoms with van der Waals surface area (Å²) in [4.78, 5) is 14.4. The third-order valence-electron chi connectivity index (χ3n) is 5.47. The first-order valence-electron chi connectivity index (χ1n) is 9.68. The SMILES string of the molecule is O=C1CC(CNS(=O)(=O)c2ccc3ccccc3c2)CN1c1ccc2c(c1)OCO2. The quantitative estimate of drug-likeness (QED) is 0.681. The van der Waals surface area contributed by atoms with Crippen LogP contribution < -0.4 is 19.1 Å². The summed E-state index contributed by atoms with van der Waals surface area (Å²) in [5.74, 6) is 1.12. The lowest BCUT2D eigenvalue weighted by Crippen LogP contribution is -2.31. The number of carbonyl (C=O) groups is 1. The number of nitrogens with one attached hydrogen (secondary N) is 1. The van der Waals surface area contributed by atoms with E-state index < -0.39 is 10.0 Å². The predicted molar refractivity (Wildman–Crippen MR) is 112 cm³/mol. The Kier molecular flexibility index (Phi) is 4.60. The van der Waals surface area contributed by atoms with E-state index in [1.165, 1.54) is 0 Å². The Balaban J connectivity index is 1.27. The molecule has 0 aromatic heterocycles. The zero-order valence-electron chi connectivity index (χ0n) is 16.1. The fourth-order valence-electron chi connectivity index (χ4n) is 3.87. The molecule has 0 radical (unpaired) electrons. The average Bonchev–Trinajstić information content (AvgIpc) is 3.37. The zero-order chi connectivity index (χ0) is 20.7. The van der Waals surface area contributed by atoms with Crippen LogP contribution in [0, 0.1) is 5.92 Å². The van der Waals surface area contributed by atoms with Gasteiger partial charge in [0.15, 0.2) is 11.5 Å². The van der Waals surface area contributed by atoms with E-state index in [2.05, 4.69) is 4.72 Å². The Hall–Kier alpha value is -3.10. The molecule has 3 aromatic rings. The summed E-state index contributed by atoms with van der Waals surface area (Å²) in [7, 11) is -3.66. The van der Waals surface area contributed by atoms with Gasteiger partial charge in [0.2, 0.25) is 22.7 Å². The minimum Gasteiger partial charge on any atom is -0.454 e. The van der Waals surface area contributed by atoms with Gasteiger partial charge in [0.05, 0.1) is 4.90 Å².